The Labute approximate surface area is 179 Å². The van der Waals surface area contributed by atoms with Gasteiger partial charge in [-0.2, -0.15) is 4.98 Å². The summed E-state index contributed by atoms with van der Waals surface area (Å²) in [7, 11) is 0. The largest absolute Gasteiger partial charge is 0.493 e. The molecule has 158 valence electrons. The van der Waals surface area contributed by atoms with Crippen LogP contribution in [0.3, 0.4) is 0 Å². The van der Waals surface area contributed by atoms with E-state index in [9.17, 15) is 9.59 Å². The Hall–Kier alpha value is -3.68. The lowest BCUT2D eigenvalue weighted by atomic mass is 9.84. The molecule has 5 rings (SSSR count). The van der Waals surface area contributed by atoms with Gasteiger partial charge in [0.25, 0.3) is 5.91 Å². The van der Waals surface area contributed by atoms with Crippen LogP contribution in [0.2, 0.25) is 0 Å². The third-order valence-corrected chi connectivity index (χ3v) is 5.85. The topological polar surface area (TPSA) is 97.6 Å². The van der Waals surface area contributed by atoms with Crippen LogP contribution in [-0.2, 0) is 16.9 Å². The minimum absolute atomic E-state index is 0.0908. The minimum Gasteiger partial charge on any atom is -0.493 e. The zero-order valence-electron chi connectivity index (χ0n) is 17.3. The highest BCUT2D eigenvalue weighted by atomic mass is 16.5. The predicted molar refractivity (Wildman–Crippen MR) is 111 cm³/mol. The van der Waals surface area contributed by atoms with Gasteiger partial charge in [0.15, 0.2) is 5.54 Å². The van der Waals surface area contributed by atoms with Crippen LogP contribution >= 0.6 is 0 Å². The summed E-state index contributed by atoms with van der Waals surface area (Å²) >= 11 is 0. The van der Waals surface area contributed by atoms with Gasteiger partial charge in [-0.25, -0.2) is 4.79 Å². The van der Waals surface area contributed by atoms with Crippen molar-refractivity contribution in [1.82, 2.24) is 20.4 Å². The summed E-state index contributed by atoms with van der Waals surface area (Å²) in [6, 6.07) is 14.7. The van der Waals surface area contributed by atoms with Gasteiger partial charge >= 0.3 is 6.03 Å². The number of carbonyl (C=O) groups excluding carboxylic acids is 2. The van der Waals surface area contributed by atoms with E-state index in [1.165, 1.54) is 5.56 Å². The molecule has 1 unspecified atom stereocenters. The lowest BCUT2D eigenvalue weighted by Crippen LogP contribution is -2.47. The molecule has 8 nitrogen and oxygen atoms in total. The van der Waals surface area contributed by atoms with Crippen molar-refractivity contribution in [2.45, 2.75) is 38.3 Å². The normalized spacial score (nSPS) is 20.2. The van der Waals surface area contributed by atoms with Gasteiger partial charge in [0, 0.05) is 17.5 Å². The third-order valence-electron chi connectivity index (χ3n) is 5.85. The van der Waals surface area contributed by atoms with E-state index in [0.717, 1.165) is 10.5 Å². The molecule has 0 radical (unpaired) electrons. The molecule has 2 aliphatic heterocycles. The van der Waals surface area contributed by atoms with Crippen molar-refractivity contribution in [3.63, 3.8) is 0 Å². The molecule has 0 saturated carbocycles. The number of nitrogens with zero attached hydrogens (tertiary/aromatic N) is 3. The number of rotatable bonds is 4. The monoisotopic (exact) mass is 418 g/mol. The molecule has 8 heteroatoms. The van der Waals surface area contributed by atoms with E-state index in [-0.39, 0.29) is 18.3 Å². The van der Waals surface area contributed by atoms with Gasteiger partial charge in [0.05, 0.1) is 6.61 Å². The lowest BCUT2D eigenvalue weighted by molar-refractivity contribution is -0.133. The van der Waals surface area contributed by atoms with Gasteiger partial charge in [0.2, 0.25) is 11.7 Å². The molecular formula is C23H22N4O4. The molecule has 3 heterocycles. The zero-order valence-corrected chi connectivity index (χ0v) is 17.3. The molecule has 0 aliphatic carbocycles. The van der Waals surface area contributed by atoms with Crippen molar-refractivity contribution in [1.29, 1.82) is 0 Å². The number of carbonyl (C=O) groups is 2. The van der Waals surface area contributed by atoms with Crippen LogP contribution in [0.25, 0.3) is 11.4 Å². The summed E-state index contributed by atoms with van der Waals surface area (Å²) in [5.41, 5.74) is 1.57. The van der Waals surface area contributed by atoms with Crippen molar-refractivity contribution in [2.75, 3.05) is 6.61 Å². The standard InChI is InChI=1S/C23H22N4O4/c1-14(2)15-7-9-16(10-8-15)20-24-19(31-26-20)13-27-21(28)23(25-22(27)29)11-12-30-18-6-4-3-5-17(18)23/h3-10,14H,11-13H2,1-2H3,(H,25,29). The fraction of sp³-hybridized carbons (Fsp3) is 0.304. The van der Waals surface area contributed by atoms with Crippen molar-refractivity contribution in [3.05, 3.63) is 65.5 Å². The molecular weight excluding hydrogens is 396 g/mol. The number of benzene rings is 2. The third kappa shape index (κ3) is 3.15. The number of amides is 3. The van der Waals surface area contributed by atoms with Crippen LogP contribution in [0.15, 0.2) is 53.1 Å². The van der Waals surface area contributed by atoms with Gasteiger partial charge in [-0.3, -0.25) is 9.69 Å². The van der Waals surface area contributed by atoms with E-state index >= 15 is 0 Å². The van der Waals surface area contributed by atoms with Crippen molar-refractivity contribution in [2.24, 2.45) is 0 Å². The Morgan fingerprint density at radius 2 is 1.90 bits per heavy atom. The molecule has 2 aliphatic rings. The van der Waals surface area contributed by atoms with Crippen molar-refractivity contribution >= 4 is 11.9 Å². The van der Waals surface area contributed by atoms with Crippen LogP contribution in [0.4, 0.5) is 4.79 Å². The van der Waals surface area contributed by atoms with E-state index in [1.807, 2.05) is 42.5 Å². The first kappa shape index (κ1) is 19.3. The number of para-hydroxylation sites is 1. The lowest BCUT2D eigenvalue weighted by Gasteiger charge is -2.33. The van der Waals surface area contributed by atoms with Crippen molar-refractivity contribution < 1.29 is 18.8 Å². The van der Waals surface area contributed by atoms with E-state index in [1.54, 1.807) is 6.07 Å². The molecule has 1 aromatic heterocycles. The van der Waals surface area contributed by atoms with E-state index in [0.29, 0.717) is 36.1 Å². The number of fused-ring (bicyclic) bond motifs is 2. The molecule has 1 atom stereocenters. The van der Waals surface area contributed by atoms with E-state index in [2.05, 4.69) is 29.3 Å². The second kappa shape index (κ2) is 7.23. The Morgan fingerprint density at radius 1 is 1.13 bits per heavy atom. The number of imide groups is 1. The Bertz CT molecular complexity index is 1150. The Morgan fingerprint density at radius 3 is 2.68 bits per heavy atom. The summed E-state index contributed by atoms with van der Waals surface area (Å²) in [5.74, 6) is 1.31. The average molecular weight is 418 g/mol. The smallest absolute Gasteiger partial charge is 0.325 e. The molecule has 0 bridgehead atoms. The van der Waals surface area contributed by atoms with Gasteiger partial charge in [-0.15, -0.1) is 0 Å². The maximum atomic E-state index is 13.3. The van der Waals surface area contributed by atoms with Crippen LogP contribution in [0, 0.1) is 0 Å². The summed E-state index contributed by atoms with van der Waals surface area (Å²) < 4.78 is 11.0. The maximum Gasteiger partial charge on any atom is 0.325 e. The number of urea groups is 1. The minimum atomic E-state index is -1.12. The number of hydrogen-bond acceptors (Lipinski definition) is 6. The molecule has 31 heavy (non-hydrogen) atoms. The van der Waals surface area contributed by atoms with Crippen LogP contribution in [-0.4, -0.2) is 33.6 Å². The highest BCUT2D eigenvalue weighted by Crippen LogP contribution is 2.41. The molecule has 2 aromatic carbocycles. The van der Waals surface area contributed by atoms with E-state index < -0.39 is 11.6 Å². The van der Waals surface area contributed by atoms with Crippen molar-refractivity contribution in [3.8, 4) is 17.1 Å². The second-order valence-corrected chi connectivity index (χ2v) is 8.11. The summed E-state index contributed by atoms with van der Waals surface area (Å²) in [6.45, 7) is 4.51. The zero-order chi connectivity index (χ0) is 21.6. The Kier molecular flexibility index (Phi) is 4.50. The fourth-order valence-electron chi connectivity index (χ4n) is 4.10. The molecule has 3 aromatic rings. The number of hydrogen-bond donors (Lipinski definition) is 1. The summed E-state index contributed by atoms with van der Waals surface area (Å²) in [5, 5.41) is 6.89. The Balaban J connectivity index is 1.38. The first-order valence-corrected chi connectivity index (χ1v) is 10.3. The van der Waals surface area contributed by atoms with Gasteiger partial charge in [0.1, 0.15) is 12.3 Å². The number of aromatic nitrogens is 2. The SMILES string of the molecule is CC(C)c1ccc(-c2noc(CN3C(=O)NC4(CCOc5ccccc54)C3=O)n2)cc1. The van der Waals surface area contributed by atoms with Gasteiger partial charge in [-0.1, -0.05) is 61.5 Å². The number of ether oxygens (including phenoxy) is 1. The van der Waals surface area contributed by atoms with E-state index in [4.69, 9.17) is 9.26 Å². The highest BCUT2D eigenvalue weighted by molar-refractivity contribution is 6.07. The van der Waals surface area contributed by atoms with Crippen LogP contribution in [0.5, 0.6) is 5.75 Å². The van der Waals surface area contributed by atoms with Gasteiger partial charge < -0.3 is 14.6 Å². The maximum absolute atomic E-state index is 13.3. The average Bonchev–Trinajstić information content (AvgIpc) is 3.34. The van der Waals surface area contributed by atoms with Gasteiger partial charge in [-0.05, 0) is 17.5 Å². The molecule has 1 fully saturated rings. The quantitative estimate of drug-likeness (QED) is 0.651. The predicted octanol–water partition coefficient (Wildman–Crippen LogP) is 3.59. The second-order valence-electron chi connectivity index (χ2n) is 8.11. The van der Waals surface area contributed by atoms with Crippen LogP contribution in [0.1, 0.15) is 43.2 Å². The summed E-state index contributed by atoms with van der Waals surface area (Å²) in [4.78, 5) is 31.6. The molecule has 1 saturated heterocycles. The highest BCUT2D eigenvalue weighted by Gasteiger charge is 2.55. The van der Waals surface area contributed by atoms with Crippen LogP contribution < -0.4 is 10.1 Å². The fourth-order valence-corrected chi connectivity index (χ4v) is 4.10. The molecule has 1 spiro atoms. The molecule has 1 N–H and O–H groups in total. The first-order chi connectivity index (χ1) is 15.0. The number of nitrogens with one attached hydrogen (secondary N) is 1. The summed E-state index contributed by atoms with van der Waals surface area (Å²) in [6.07, 6.45) is 0.363. The first-order valence-electron chi connectivity index (χ1n) is 10.3. The molecule has 3 amide bonds.